The van der Waals surface area contributed by atoms with Crippen molar-refractivity contribution in [1.82, 2.24) is 9.97 Å². The molecule has 5 nitrogen and oxygen atoms in total. The molecule has 1 heterocycles. The van der Waals surface area contributed by atoms with Crippen molar-refractivity contribution in [3.8, 4) is 5.75 Å². The van der Waals surface area contributed by atoms with Crippen LogP contribution in [0.1, 0.15) is 6.92 Å². The molecule has 3 aromatic rings. The summed E-state index contributed by atoms with van der Waals surface area (Å²) < 4.78 is 5.42. The van der Waals surface area contributed by atoms with Crippen molar-refractivity contribution in [3.63, 3.8) is 0 Å². The van der Waals surface area contributed by atoms with Crippen LogP contribution < -0.4 is 10.1 Å². The zero-order valence-corrected chi connectivity index (χ0v) is 13.5. The van der Waals surface area contributed by atoms with Crippen molar-refractivity contribution in [2.75, 3.05) is 17.7 Å². The minimum absolute atomic E-state index is 0.0795. The average Bonchev–Trinajstić information content (AvgIpc) is 2.96. The monoisotopic (exact) mass is 327 g/mol. The van der Waals surface area contributed by atoms with Gasteiger partial charge in [-0.05, 0) is 31.2 Å². The number of amides is 1. The van der Waals surface area contributed by atoms with Gasteiger partial charge >= 0.3 is 0 Å². The van der Waals surface area contributed by atoms with E-state index in [1.54, 1.807) is 0 Å². The number of benzene rings is 2. The second-order valence-electron chi connectivity index (χ2n) is 4.86. The summed E-state index contributed by atoms with van der Waals surface area (Å²) in [4.78, 5) is 19.7. The Labute approximate surface area is 138 Å². The number of aromatic amines is 1. The standard InChI is InChI=1S/C17H17N3O2S/c1-2-22-13-7-5-6-12(10-13)18-16(21)11-23-17-19-14-8-3-4-9-15(14)20-17/h3-10H,2,11H2,1H3,(H,18,21)(H,19,20). The Morgan fingerprint density at radius 1 is 1.26 bits per heavy atom. The maximum Gasteiger partial charge on any atom is 0.234 e. The molecular formula is C17H17N3O2S. The molecule has 1 aromatic heterocycles. The van der Waals surface area contributed by atoms with Crippen molar-refractivity contribution < 1.29 is 9.53 Å². The van der Waals surface area contributed by atoms with Gasteiger partial charge in [0.15, 0.2) is 5.16 Å². The zero-order chi connectivity index (χ0) is 16.1. The third-order valence-electron chi connectivity index (χ3n) is 3.14. The lowest BCUT2D eigenvalue weighted by atomic mass is 10.3. The molecule has 118 valence electrons. The van der Waals surface area contributed by atoms with Crippen LogP contribution in [0.3, 0.4) is 0 Å². The molecule has 0 unspecified atom stereocenters. The average molecular weight is 327 g/mol. The van der Waals surface area contributed by atoms with E-state index in [2.05, 4.69) is 15.3 Å². The third kappa shape index (κ3) is 4.04. The van der Waals surface area contributed by atoms with Gasteiger partial charge in [-0.1, -0.05) is 30.0 Å². The Kier molecular flexibility index (Phi) is 4.83. The Morgan fingerprint density at radius 2 is 2.13 bits per heavy atom. The fraction of sp³-hybridized carbons (Fsp3) is 0.176. The summed E-state index contributed by atoms with van der Waals surface area (Å²) in [6, 6.07) is 15.2. The number of imidazole rings is 1. The summed E-state index contributed by atoms with van der Waals surface area (Å²) in [5.41, 5.74) is 2.60. The van der Waals surface area contributed by atoms with Gasteiger partial charge in [-0.15, -0.1) is 0 Å². The molecule has 0 atom stereocenters. The number of carbonyl (C=O) groups excluding carboxylic acids is 1. The predicted molar refractivity (Wildman–Crippen MR) is 93.1 cm³/mol. The highest BCUT2D eigenvalue weighted by Crippen LogP contribution is 2.20. The van der Waals surface area contributed by atoms with Gasteiger partial charge in [0, 0.05) is 11.8 Å². The smallest absolute Gasteiger partial charge is 0.234 e. The van der Waals surface area contributed by atoms with E-state index in [1.165, 1.54) is 11.8 Å². The van der Waals surface area contributed by atoms with Gasteiger partial charge in [0.25, 0.3) is 0 Å². The SMILES string of the molecule is CCOc1cccc(NC(=O)CSc2nc3ccccc3[nH]2)c1. The Morgan fingerprint density at radius 3 is 2.96 bits per heavy atom. The molecule has 0 saturated heterocycles. The van der Waals surface area contributed by atoms with E-state index in [4.69, 9.17) is 4.74 Å². The molecule has 0 aliphatic rings. The lowest BCUT2D eigenvalue weighted by molar-refractivity contribution is -0.113. The number of nitrogens with zero attached hydrogens (tertiary/aromatic N) is 1. The Bertz CT molecular complexity index is 783. The van der Waals surface area contributed by atoms with Crippen LogP contribution in [0.15, 0.2) is 53.7 Å². The molecular weight excluding hydrogens is 310 g/mol. The summed E-state index contributed by atoms with van der Waals surface area (Å²) in [6.45, 7) is 2.52. The molecule has 0 bridgehead atoms. The van der Waals surface area contributed by atoms with E-state index in [9.17, 15) is 4.79 Å². The first kappa shape index (κ1) is 15.4. The normalized spacial score (nSPS) is 10.7. The summed E-state index contributed by atoms with van der Waals surface area (Å²) in [6.07, 6.45) is 0. The quantitative estimate of drug-likeness (QED) is 0.678. The second kappa shape index (κ2) is 7.19. The summed E-state index contributed by atoms with van der Waals surface area (Å²) >= 11 is 1.38. The van der Waals surface area contributed by atoms with E-state index in [0.717, 1.165) is 27.6 Å². The summed E-state index contributed by atoms with van der Waals surface area (Å²) in [5, 5.41) is 3.60. The molecule has 0 saturated carbocycles. The number of carbonyl (C=O) groups is 1. The van der Waals surface area contributed by atoms with Crippen LogP contribution in [-0.4, -0.2) is 28.2 Å². The maximum absolute atomic E-state index is 12.1. The molecule has 23 heavy (non-hydrogen) atoms. The number of aromatic nitrogens is 2. The number of para-hydroxylation sites is 2. The van der Waals surface area contributed by atoms with Crippen LogP contribution in [0, 0.1) is 0 Å². The molecule has 0 aliphatic heterocycles. The van der Waals surface area contributed by atoms with Gasteiger partial charge in [0.1, 0.15) is 5.75 Å². The second-order valence-corrected chi connectivity index (χ2v) is 5.82. The molecule has 0 radical (unpaired) electrons. The molecule has 2 aromatic carbocycles. The molecule has 0 aliphatic carbocycles. The van der Waals surface area contributed by atoms with Crippen molar-refractivity contribution in [1.29, 1.82) is 0 Å². The predicted octanol–water partition coefficient (Wildman–Crippen LogP) is 3.69. The molecule has 6 heteroatoms. The van der Waals surface area contributed by atoms with E-state index < -0.39 is 0 Å². The minimum Gasteiger partial charge on any atom is -0.494 e. The van der Waals surface area contributed by atoms with E-state index in [-0.39, 0.29) is 5.91 Å². The zero-order valence-electron chi connectivity index (χ0n) is 12.7. The van der Waals surface area contributed by atoms with Gasteiger partial charge in [-0.25, -0.2) is 4.98 Å². The number of fused-ring (bicyclic) bond motifs is 1. The van der Waals surface area contributed by atoms with Crippen molar-refractivity contribution in [2.24, 2.45) is 0 Å². The minimum atomic E-state index is -0.0795. The van der Waals surface area contributed by atoms with Gasteiger partial charge in [-0.2, -0.15) is 0 Å². The number of anilines is 1. The van der Waals surface area contributed by atoms with Crippen molar-refractivity contribution in [3.05, 3.63) is 48.5 Å². The van der Waals surface area contributed by atoms with E-state index >= 15 is 0 Å². The number of thioether (sulfide) groups is 1. The first-order valence-corrected chi connectivity index (χ1v) is 8.33. The van der Waals surface area contributed by atoms with Gasteiger partial charge in [0.05, 0.1) is 23.4 Å². The lowest BCUT2D eigenvalue weighted by Gasteiger charge is -2.07. The number of ether oxygens (including phenoxy) is 1. The highest BCUT2D eigenvalue weighted by atomic mass is 32.2. The van der Waals surface area contributed by atoms with Crippen LogP contribution in [0.25, 0.3) is 11.0 Å². The molecule has 0 fully saturated rings. The first-order valence-electron chi connectivity index (χ1n) is 7.35. The number of nitrogens with one attached hydrogen (secondary N) is 2. The van der Waals surface area contributed by atoms with Crippen LogP contribution >= 0.6 is 11.8 Å². The fourth-order valence-electron chi connectivity index (χ4n) is 2.16. The van der Waals surface area contributed by atoms with Crippen molar-refractivity contribution >= 4 is 34.4 Å². The molecule has 2 N–H and O–H groups in total. The number of H-pyrrole nitrogens is 1. The van der Waals surface area contributed by atoms with Gasteiger partial charge < -0.3 is 15.0 Å². The van der Waals surface area contributed by atoms with E-state index in [1.807, 2.05) is 55.5 Å². The van der Waals surface area contributed by atoms with Crippen molar-refractivity contribution in [2.45, 2.75) is 12.1 Å². The topological polar surface area (TPSA) is 67.0 Å². The summed E-state index contributed by atoms with van der Waals surface area (Å²) in [5.74, 6) is 0.956. The number of hydrogen-bond acceptors (Lipinski definition) is 4. The number of rotatable bonds is 6. The first-order chi connectivity index (χ1) is 11.2. The maximum atomic E-state index is 12.1. The Hall–Kier alpha value is -2.47. The highest BCUT2D eigenvalue weighted by Gasteiger charge is 2.07. The van der Waals surface area contributed by atoms with Gasteiger partial charge in [-0.3, -0.25) is 4.79 Å². The summed E-state index contributed by atoms with van der Waals surface area (Å²) in [7, 11) is 0. The third-order valence-corrected chi connectivity index (χ3v) is 4.01. The fourth-order valence-corrected chi connectivity index (χ4v) is 2.84. The molecule has 1 amide bonds. The van der Waals surface area contributed by atoms with E-state index in [0.29, 0.717) is 12.4 Å². The lowest BCUT2D eigenvalue weighted by Crippen LogP contribution is -2.14. The largest absolute Gasteiger partial charge is 0.494 e. The number of hydrogen-bond donors (Lipinski definition) is 2. The van der Waals surface area contributed by atoms with Crippen LogP contribution in [-0.2, 0) is 4.79 Å². The Balaban J connectivity index is 1.58. The molecule has 3 rings (SSSR count). The van der Waals surface area contributed by atoms with Crippen LogP contribution in [0.2, 0.25) is 0 Å². The van der Waals surface area contributed by atoms with Crippen LogP contribution in [0.5, 0.6) is 5.75 Å². The highest BCUT2D eigenvalue weighted by molar-refractivity contribution is 7.99. The molecule has 0 spiro atoms. The van der Waals surface area contributed by atoms with Crippen LogP contribution in [0.4, 0.5) is 5.69 Å². The van der Waals surface area contributed by atoms with Gasteiger partial charge in [0.2, 0.25) is 5.91 Å².